The summed E-state index contributed by atoms with van der Waals surface area (Å²) in [6, 6.07) is 6.96. The lowest BCUT2D eigenvalue weighted by Gasteiger charge is -2.34. The first-order valence-corrected chi connectivity index (χ1v) is 8.39. The molecule has 22 heavy (non-hydrogen) atoms. The third-order valence-corrected chi connectivity index (χ3v) is 4.90. The van der Waals surface area contributed by atoms with Crippen molar-refractivity contribution in [3.8, 4) is 5.75 Å². The highest BCUT2D eigenvalue weighted by atomic mass is 35.5. The van der Waals surface area contributed by atoms with Gasteiger partial charge in [0.05, 0.1) is 0 Å². The highest BCUT2D eigenvalue weighted by Crippen LogP contribution is 2.26. The van der Waals surface area contributed by atoms with Gasteiger partial charge in [-0.2, -0.15) is 0 Å². The number of piperidine rings is 1. The van der Waals surface area contributed by atoms with Gasteiger partial charge in [-0.1, -0.05) is 12.5 Å². The second-order valence-corrected chi connectivity index (χ2v) is 6.59. The molecule has 1 N–H and O–H groups in total. The number of ether oxygens (including phenoxy) is 1. The van der Waals surface area contributed by atoms with Gasteiger partial charge in [-0.05, 0) is 68.8 Å². The van der Waals surface area contributed by atoms with E-state index < -0.39 is 6.10 Å². The lowest BCUT2D eigenvalue weighted by atomic mass is 10.0. The molecule has 0 aromatic heterocycles. The van der Waals surface area contributed by atoms with Crippen LogP contribution in [0.15, 0.2) is 18.2 Å². The van der Waals surface area contributed by atoms with E-state index in [9.17, 15) is 5.11 Å². The zero-order valence-electron chi connectivity index (χ0n) is 13.5. The van der Waals surface area contributed by atoms with Crippen molar-refractivity contribution >= 4 is 12.4 Å². The highest BCUT2D eigenvalue weighted by Gasteiger charge is 2.21. The Balaban J connectivity index is 0.00000176. The van der Waals surface area contributed by atoms with Crippen molar-refractivity contribution in [3.05, 3.63) is 29.3 Å². The van der Waals surface area contributed by atoms with Gasteiger partial charge < -0.3 is 9.84 Å². The van der Waals surface area contributed by atoms with Gasteiger partial charge in [-0.3, -0.25) is 4.90 Å². The average molecular weight is 326 g/mol. The smallest absolute Gasteiger partial charge is 0.119 e. The summed E-state index contributed by atoms with van der Waals surface area (Å²) in [5.41, 5.74) is 2.89. The maximum Gasteiger partial charge on any atom is 0.119 e. The molecular weight excluding hydrogens is 298 g/mol. The fraction of sp³-hybridized carbons (Fsp3) is 0.667. The van der Waals surface area contributed by atoms with E-state index in [-0.39, 0.29) is 12.4 Å². The van der Waals surface area contributed by atoms with Crippen LogP contribution in [0.3, 0.4) is 0 Å². The number of nitrogens with zero attached hydrogens (tertiary/aromatic N) is 1. The van der Waals surface area contributed by atoms with Crippen LogP contribution in [0.5, 0.6) is 5.75 Å². The fourth-order valence-electron chi connectivity index (χ4n) is 3.58. The van der Waals surface area contributed by atoms with E-state index in [1.807, 2.05) is 6.07 Å². The van der Waals surface area contributed by atoms with E-state index in [0.717, 1.165) is 18.8 Å². The van der Waals surface area contributed by atoms with Crippen molar-refractivity contribution in [1.82, 2.24) is 4.90 Å². The molecule has 1 fully saturated rings. The lowest BCUT2D eigenvalue weighted by Crippen LogP contribution is -2.43. The Morgan fingerprint density at radius 3 is 2.86 bits per heavy atom. The van der Waals surface area contributed by atoms with Gasteiger partial charge in [0.15, 0.2) is 0 Å². The predicted octanol–water partition coefficient (Wildman–Crippen LogP) is 3.21. The molecule has 0 radical (unpaired) electrons. The van der Waals surface area contributed by atoms with Gasteiger partial charge in [0.1, 0.15) is 18.5 Å². The van der Waals surface area contributed by atoms with Crippen molar-refractivity contribution in [2.24, 2.45) is 0 Å². The van der Waals surface area contributed by atoms with Gasteiger partial charge in [0.2, 0.25) is 0 Å². The first-order chi connectivity index (χ1) is 10.2. The maximum absolute atomic E-state index is 10.2. The van der Waals surface area contributed by atoms with E-state index >= 15 is 0 Å². The Morgan fingerprint density at radius 2 is 2.05 bits per heavy atom. The summed E-state index contributed by atoms with van der Waals surface area (Å²) in [5.74, 6) is 0.904. The van der Waals surface area contributed by atoms with E-state index in [1.165, 1.54) is 49.7 Å². The number of hydrogen-bond acceptors (Lipinski definition) is 3. The summed E-state index contributed by atoms with van der Waals surface area (Å²) in [6.07, 6.45) is 7.04. The Hall–Kier alpha value is -0.770. The standard InChI is InChI=1S/C18H27NO2.ClH/c1-14-5-2-3-10-19(14)12-17(20)13-21-18-9-8-15-6-4-7-16(15)11-18;/h8-9,11,14,17,20H,2-7,10,12-13H2,1H3;1H. The Morgan fingerprint density at radius 1 is 1.23 bits per heavy atom. The molecule has 1 aliphatic carbocycles. The summed E-state index contributed by atoms with van der Waals surface area (Å²) in [5, 5.41) is 10.2. The number of aryl methyl sites for hydroxylation is 2. The first-order valence-electron chi connectivity index (χ1n) is 8.39. The molecule has 1 saturated heterocycles. The van der Waals surface area contributed by atoms with Crippen LogP contribution in [-0.2, 0) is 12.8 Å². The predicted molar refractivity (Wildman–Crippen MR) is 92.1 cm³/mol. The van der Waals surface area contributed by atoms with E-state index in [4.69, 9.17) is 4.74 Å². The molecule has 4 heteroatoms. The minimum absolute atomic E-state index is 0. The molecule has 0 amide bonds. The van der Waals surface area contributed by atoms with Crippen molar-refractivity contribution < 1.29 is 9.84 Å². The zero-order chi connectivity index (χ0) is 14.7. The number of aliphatic hydroxyl groups excluding tert-OH is 1. The number of fused-ring (bicyclic) bond motifs is 1. The molecule has 1 aliphatic heterocycles. The number of rotatable bonds is 5. The minimum Gasteiger partial charge on any atom is -0.491 e. The second-order valence-electron chi connectivity index (χ2n) is 6.59. The summed E-state index contributed by atoms with van der Waals surface area (Å²) >= 11 is 0. The maximum atomic E-state index is 10.2. The van der Waals surface area contributed by atoms with Crippen LogP contribution >= 0.6 is 12.4 Å². The number of halogens is 1. The molecule has 0 bridgehead atoms. The van der Waals surface area contributed by atoms with Crippen molar-refractivity contribution in [2.75, 3.05) is 19.7 Å². The van der Waals surface area contributed by atoms with Crippen LogP contribution in [-0.4, -0.2) is 41.8 Å². The van der Waals surface area contributed by atoms with Crippen LogP contribution < -0.4 is 4.74 Å². The summed E-state index contributed by atoms with van der Waals surface area (Å²) < 4.78 is 5.79. The van der Waals surface area contributed by atoms with Gasteiger partial charge in [-0.15, -0.1) is 12.4 Å². The van der Waals surface area contributed by atoms with Crippen LogP contribution in [0, 0.1) is 0 Å². The third-order valence-electron chi connectivity index (χ3n) is 4.90. The first kappa shape index (κ1) is 17.6. The van der Waals surface area contributed by atoms with Crippen LogP contribution in [0.2, 0.25) is 0 Å². The van der Waals surface area contributed by atoms with E-state index in [0.29, 0.717) is 12.6 Å². The Bertz CT molecular complexity index is 480. The second kappa shape index (κ2) is 8.19. The van der Waals surface area contributed by atoms with Gasteiger partial charge >= 0.3 is 0 Å². The number of β-amino-alcohol motifs (C(OH)–C–C–N with tert-alkyl or cyclic N) is 1. The van der Waals surface area contributed by atoms with Crippen LogP contribution in [0.25, 0.3) is 0 Å². The third kappa shape index (κ3) is 4.37. The molecule has 3 rings (SSSR count). The van der Waals surface area contributed by atoms with E-state index in [2.05, 4.69) is 24.0 Å². The monoisotopic (exact) mass is 325 g/mol. The molecule has 3 nitrogen and oxygen atoms in total. The summed E-state index contributed by atoms with van der Waals surface area (Å²) in [7, 11) is 0. The number of aliphatic hydroxyl groups is 1. The Kier molecular flexibility index (Phi) is 6.54. The molecule has 0 saturated carbocycles. The molecule has 1 aromatic rings. The topological polar surface area (TPSA) is 32.7 Å². The van der Waals surface area contributed by atoms with E-state index in [1.54, 1.807) is 0 Å². The van der Waals surface area contributed by atoms with Crippen LogP contribution in [0.1, 0.15) is 43.7 Å². The number of hydrogen-bond donors (Lipinski definition) is 1. The molecule has 2 atom stereocenters. The average Bonchev–Trinajstić information content (AvgIpc) is 2.95. The molecule has 2 unspecified atom stereocenters. The molecule has 2 aliphatic rings. The summed E-state index contributed by atoms with van der Waals surface area (Å²) in [6.45, 7) is 4.48. The van der Waals surface area contributed by atoms with Gasteiger partial charge in [-0.25, -0.2) is 0 Å². The van der Waals surface area contributed by atoms with Crippen molar-refractivity contribution in [1.29, 1.82) is 0 Å². The number of likely N-dealkylation sites (tertiary alicyclic amines) is 1. The normalized spacial score (nSPS) is 22.7. The Labute approximate surface area is 140 Å². The molecule has 0 spiro atoms. The minimum atomic E-state index is -0.404. The molecule has 1 aromatic carbocycles. The van der Waals surface area contributed by atoms with Crippen molar-refractivity contribution in [3.63, 3.8) is 0 Å². The molecule has 1 heterocycles. The van der Waals surface area contributed by atoms with Crippen molar-refractivity contribution in [2.45, 2.75) is 57.6 Å². The summed E-state index contributed by atoms with van der Waals surface area (Å²) in [4.78, 5) is 2.39. The number of benzene rings is 1. The highest BCUT2D eigenvalue weighted by molar-refractivity contribution is 5.85. The molecule has 124 valence electrons. The SMILES string of the molecule is CC1CCCCN1CC(O)COc1ccc2c(c1)CCC2.Cl. The zero-order valence-corrected chi connectivity index (χ0v) is 14.3. The van der Waals surface area contributed by atoms with Gasteiger partial charge in [0.25, 0.3) is 0 Å². The quantitative estimate of drug-likeness (QED) is 0.902. The fourth-order valence-corrected chi connectivity index (χ4v) is 3.58. The molecular formula is C18H28ClNO2. The largest absolute Gasteiger partial charge is 0.491 e. The van der Waals surface area contributed by atoms with Gasteiger partial charge in [0, 0.05) is 12.6 Å². The van der Waals surface area contributed by atoms with Crippen LogP contribution in [0.4, 0.5) is 0 Å². The lowest BCUT2D eigenvalue weighted by molar-refractivity contribution is 0.0437.